The summed E-state index contributed by atoms with van der Waals surface area (Å²) < 4.78 is 2.16. The molecule has 0 fully saturated rings. The quantitative estimate of drug-likeness (QED) is 0.642. The van der Waals surface area contributed by atoms with Crippen molar-refractivity contribution >= 4 is 11.0 Å². The number of hydrogen-bond acceptors (Lipinski definition) is 2. The van der Waals surface area contributed by atoms with E-state index in [1.807, 2.05) is 13.2 Å². The van der Waals surface area contributed by atoms with Gasteiger partial charge in [-0.25, -0.2) is 0 Å². The van der Waals surface area contributed by atoms with Crippen LogP contribution in [0.1, 0.15) is 37.8 Å². The van der Waals surface area contributed by atoms with Crippen molar-refractivity contribution in [3.8, 4) is 11.1 Å². The lowest BCUT2D eigenvalue weighted by atomic mass is 9.92. The van der Waals surface area contributed by atoms with Gasteiger partial charge in [0, 0.05) is 31.0 Å². The Balaban J connectivity index is 1.78. The Hall–Kier alpha value is -2.13. The summed E-state index contributed by atoms with van der Waals surface area (Å²) >= 11 is 0. The van der Waals surface area contributed by atoms with Gasteiger partial charge in [-0.1, -0.05) is 25.1 Å². The molecule has 3 nitrogen and oxygen atoms in total. The number of nitrogens with zero attached hydrogens (tertiary/aromatic N) is 2. The molecule has 2 atom stereocenters. The maximum absolute atomic E-state index is 4.48. The third kappa shape index (κ3) is 3.99. The highest BCUT2D eigenvalue weighted by Gasteiger charge is 2.11. The van der Waals surface area contributed by atoms with Crippen molar-refractivity contribution in [3.63, 3.8) is 0 Å². The fourth-order valence-corrected chi connectivity index (χ4v) is 3.84. The van der Waals surface area contributed by atoms with Gasteiger partial charge in [0.2, 0.25) is 0 Å². The highest BCUT2D eigenvalue weighted by atomic mass is 14.9. The van der Waals surface area contributed by atoms with Crippen LogP contribution < -0.4 is 5.32 Å². The fourth-order valence-electron chi connectivity index (χ4n) is 3.84. The van der Waals surface area contributed by atoms with E-state index in [4.69, 9.17) is 0 Å². The number of nitrogens with one attached hydrogen (secondary N) is 1. The largest absolute Gasteiger partial charge is 0.349 e. The van der Waals surface area contributed by atoms with Crippen molar-refractivity contribution in [2.45, 2.75) is 46.1 Å². The third-order valence-corrected chi connectivity index (χ3v) is 5.57. The van der Waals surface area contributed by atoms with Crippen molar-refractivity contribution in [1.29, 1.82) is 0 Å². The Morgan fingerprint density at radius 1 is 1.15 bits per heavy atom. The van der Waals surface area contributed by atoms with Crippen molar-refractivity contribution in [1.82, 2.24) is 14.9 Å². The lowest BCUT2D eigenvalue weighted by molar-refractivity contribution is 0.419. The van der Waals surface area contributed by atoms with Gasteiger partial charge in [0.15, 0.2) is 0 Å². The average Bonchev–Trinajstić information content (AvgIpc) is 3.02. The maximum Gasteiger partial charge on any atom is 0.0887 e. The summed E-state index contributed by atoms with van der Waals surface area (Å²) in [4.78, 5) is 4.48. The number of rotatable bonds is 7. The average molecular weight is 350 g/mol. The van der Waals surface area contributed by atoms with Gasteiger partial charge in [-0.05, 0) is 74.9 Å². The maximum atomic E-state index is 4.48. The summed E-state index contributed by atoms with van der Waals surface area (Å²) in [5.74, 6) is 0.736. The molecule has 0 aliphatic carbocycles. The van der Waals surface area contributed by atoms with Crippen molar-refractivity contribution in [2.24, 2.45) is 13.0 Å². The molecule has 0 radical (unpaired) electrons. The van der Waals surface area contributed by atoms with Crippen molar-refractivity contribution < 1.29 is 0 Å². The Morgan fingerprint density at radius 3 is 2.69 bits per heavy atom. The molecule has 2 heterocycles. The van der Waals surface area contributed by atoms with Gasteiger partial charge in [0.1, 0.15) is 0 Å². The second-order valence-corrected chi connectivity index (χ2v) is 7.73. The molecule has 2 unspecified atom stereocenters. The van der Waals surface area contributed by atoms with E-state index in [0.717, 1.165) is 17.9 Å². The van der Waals surface area contributed by atoms with Crippen LogP contribution in [0.25, 0.3) is 22.2 Å². The van der Waals surface area contributed by atoms with Crippen LogP contribution in [0.2, 0.25) is 0 Å². The molecule has 138 valence electrons. The van der Waals surface area contributed by atoms with Crippen LogP contribution in [0.3, 0.4) is 0 Å². The molecule has 1 aromatic carbocycles. The monoisotopic (exact) mass is 349 g/mol. The standard InChI is InChI=1S/C23H31N3/c1-16(14-18(3)24-4)6-7-19-8-9-20(15-17(19)2)21-10-12-25-22-11-13-26(5)23(21)22/h8-13,15-16,18,24H,6-7,14H2,1-5H3. The Labute approximate surface area is 157 Å². The molecule has 0 spiro atoms. The molecule has 3 heteroatoms. The van der Waals surface area contributed by atoms with E-state index in [9.17, 15) is 0 Å². The van der Waals surface area contributed by atoms with Crippen LogP contribution in [0.4, 0.5) is 0 Å². The highest BCUT2D eigenvalue weighted by molar-refractivity contribution is 5.92. The van der Waals surface area contributed by atoms with Gasteiger partial charge in [-0.3, -0.25) is 4.98 Å². The summed E-state index contributed by atoms with van der Waals surface area (Å²) in [6, 6.07) is 11.7. The molecule has 0 bridgehead atoms. The van der Waals surface area contributed by atoms with E-state index < -0.39 is 0 Å². The number of pyridine rings is 1. The van der Waals surface area contributed by atoms with E-state index in [1.54, 1.807) is 0 Å². The Morgan fingerprint density at radius 2 is 1.96 bits per heavy atom. The highest BCUT2D eigenvalue weighted by Crippen LogP contribution is 2.29. The number of fused-ring (bicyclic) bond motifs is 1. The molecule has 3 rings (SSSR count). The molecule has 0 saturated carbocycles. The second kappa shape index (κ2) is 8.05. The summed E-state index contributed by atoms with van der Waals surface area (Å²) in [6.45, 7) is 6.86. The van der Waals surface area contributed by atoms with Crippen LogP contribution in [0, 0.1) is 12.8 Å². The summed E-state index contributed by atoms with van der Waals surface area (Å²) in [7, 11) is 4.13. The van der Waals surface area contributed by atoms with E-state index in [2.05, 4.69) is 79.2 Å². The van der Waals surface area contributed by atoms with Gasteiger partial charge in [0.05, 0.1) is 11.0 Å². The summed E-state index contributed by atoms with van der Waals surface area (Å²) in [5.41, 5.74) is 7.64. The zero-order valence-electron chi connectivity index (χ0n) is 16.7. The van der Waals surface area contributed by atoms with E-state index in [-0.39, 0.29) is 0 Å². The molecule has 3 aromatic rings. The second-order valence-electron chi connectivity index (χ2n) is 7.73. The minimum Gasteiger partial charge on any atom is -0.349 e. The van der Waals surface area contributed by atoms with Gasteiger partial charge in [-0.15, -0.1) is 0 Å². The molecule has 0 saturated heterocycles. The Bertz CT molecular complexity index is 878. The first kappa shape index (κ1) is 18.7. The molecule has 0 aliphatic rings. The first-order valence-corrected chi connectivity index (χ1v) is 9.66. The van der Waals surface area contributed by atoms with Crippen LogP contribution in [-0.4, -0.2) is 22.6 Å². The van der Waals surface area contributed by atoms with E-state index >= 15 is 0 Å². The van der Waals surface area contributed by atoms with Crippen LogP contribution in [0.5, 0.6) is 0 Å². The molecule has 2 aromatic heterocycles. The van der Waals surface area contributed by atoms with E-state index in [1.165, 1.54) is 40.6 Å². The number of benzene rings is 1. The van der Waals surface area contributed by atoms with E-state index in [0.29, 0.717) is 6.04 Å². The lowest BCUT2D eigenvalue weighted by Gasteiger charge is -2.17. The fraction of sp³-hybridized carbons (Fsp3) is 0.435. The van der Waals surface area contributed by atoms with Gasteiger partial charge < -0.3 is 9.88 Å². The van der Waals surface area contributed by atoms with Crippen LogP contribution in [0.15, 0.2) is 42.7 Å². The van der Waals surface area contributed by atoms with Gasteiger partial charge in [0.25, 0.3) is 0 Å². The molecule has 26 heavy (non-hydrogen) atoms. The number of hydrogen-bond donors (Lipinski definition) is 1. The molecular formula is C23H31N3. The lowest BCUT2D eigenvalue weighted by Crippen LogP contribution is -2.23. The summed E-state index contributed by atoms with van der Waals surface area (Å²) in [6.07, 6.45) is 7.61. The van der Waals surface area contributed by atoms with Crippen LogP contribution in [-0.2, 0) is 13.5 Å². The number of aromatic nitrogens is 2. The first-order valence-electron chi connectivity index (χ1n) is 9.66. The summed E-state index contributed by atoms with van der Waals surface area (Å²) in [5, 5.41) is 3.34. The molecule has 0 aliphatic heterocycles. The predicted octanol–water partition coefficient (Wildman–Crippen LogP) is 5.12. The molecule has 0 amide bonds. The van der Waals surface area contributed by atoms with Crippen molar-refractivity contribution in [3.05, 3.63) is 53.9 Å². The number of aryl methyl sites for hydroxylation is 3. The van der Waals surface area contributed by atoms with Crippen LogP contribution >= 0.6 is 0 Å². The van der Waals surface area contributed by atoms with Gasteiger partial charge in [-0.2, -0.15) is 0 Å². The first-order chi connectivity index (χ1) is 12.5. The smallest absolute Gasteiger partial charge is 0.0887 e. The normalized spacial score (nSPS) is 13.9. The molecular weight excluding hydrogens is 318 g/mol. The SMILES string of the molecule is CNC(C)CC(C)CCc1ccc(-c2ccnc3ccn(C)c23)cc1C. The third-order valence-electron chi connectivity index (χ3n) is 5.57. The minimum atomic E-state index is 0.591. The Kier molecular flexibility index (Phi) is 5.77. The minimum absolute atomic E-state index is 0.591. The zero-order valence-corrected chi connectivity index (χ0v) is 16.7. The predicted molar refractivity (Wildman–Crippen MR) is 112 cm³/mol. The molecule has 1 N–H and O–H groups in total. The zero-order chi connectivity index (χ0) is 18.7. The van der Waals surface area contributed by atoms with Gasteiger partial charge >= 0.3 is 0 Å². The van der Waals surface area contributed by atoms with Crippen molar-refractivity contribution in [2.75, 3.05) is 7.05 Å². The topological polar surface area (TPSA) is 29.9 Å².